The molecule has 3 rings (SSSR count). The van der Waals surface area contributed by atoms with Gasteiger partial charge in [0, 0.05) is 19.4 Å². The van der Waals surface area contributed by atoms with E-state index in [-0.39, 0.29) is 0 Å². The Morgan fingerprint density at radius 3 is 2.03 bits per heavy atom. The first-order valence-electron chi connectivity index (χ1n) is 8.86. The number of hydrogen-bond donors (Lipinski definition) is 0. The molecule has 0 atom stereocenters. The Bertz CT molecular complexity index is 986. The van der Waals surface area contributed by atoms with E-state index in [1.54, 1.807) is 27.3 Å². The van der Waals surface area contributed by atoms with Crippen molar-refractivity contribution in [2.45, 2.75) is 20.3 Å². The molecule has 0 saturated carbocycles. The summed E-state index contributed by atoms with van der Waals surface area (Å²) in [5.41, 5.74) is 3.88. The summed E-state index contributed by atoms with van der Waals surface area (Å²) in [6, 6.07) is 23.0. The van der Waals surface area contributed by atoms with E-state index in [1.807, 2.05) is 42.5 Å². The third-order valence-corrected chi connectivity index (χ3v) is 4.01. The van der Waals surface area contributed by atoms with Crippen molar-refractivity contribution in [3.63, 3.8) is 0 Å². The number of hydrogen-bond acceptors (Lipinski definition) is 5. The second kappa shape index (κ2) is 10.9. The monoisotopic (exact) mass is 408 g/mol. The zero-order valence-electron chi connectivity index (χ0n) is 16.2. The Morgan fingerprint density at radius 2 is 1.38 bits per heavy atom. The SMILES string of the molecule is CC(=O)Oc1ccc(OC(C)=O)c(-c2ccccc2Cc2ccccc2)c1.O=P. The Labute approximate surface area is 171 Å². The van der Waals surface area contributed by atoms with E-state index in [0.29, 0.717) is 17.1 Å². The van der Waals surface area contributed by atoms with Gasteiger partial charge in [-0.2, -0.15) is 0 Å². The van der Waals surface area contributed by atoms with Crippen LogP contribution in [0.1, 0.15) is 25.0 Å². The Kier molecular flexibility index (Phi) is 8.26. The van der Waals surface area contributed by atoms with Crippen LogP contribution in [0.2, 0.25) is 0 Å². The summed E-state index contributed by atoms with van der Waals surface area (Å²) in [7, 11) is 1.72. The van der Waals surface area contributed by atoms with Gasteiger partial charge in [-0.05, 0) is 41.3 Å². The van der Waals surface area contributed by atoms with Crippen LogP contribution in [0.3, 0.4) is 0 Å². The Hall–Kier alpha value is -3.30. The van der Waals surface area contributed by atoms with E-state index >= 15 is 0 Å². The van der Waals surface area contributed by atoms with Gasteiger partial charge in [0.2, 0.25) is 0 Å². The lowest BCUT2D eigenvalue weighted by molar-refractivity contribution is -0.133. The molecule has 0 unspecified atom stereocenters. The van der Waals surface area contributed by atoms with Crippen molar-refractivity contribution in [1.82, 2.24) is 0 Å². The van der Waals surface area contributed by atoms with E-state index in [1.165, 1.54) is 19.4 Å². The quantitative estimate of drug-likeness (QED) is 0.327. The van der Waals surface area contributed by atoms with E-state index in [4.69, 9.17) is 14.0 Å². The first kappa shape index (κ1) is 22.0. The highest BCUT2D eigenvalue weighted by molar-refractivity contribution is 7.00. The summed E-state index contributed by atoms with van der Waals surface area (Å²) in [5, 5.41) is 0. The summed E-state index contributed by atoms with van der Waals surface area (Å²) in [6.07, 6.45) is 0.730. The summed E-state index contributed by atoms with van der Waals surface area (Å²) in [4.78, 5) is 22.9. The lowest BCUT2D eigenvalue weighted by atomic mass is 9.94. The number of carbonyl (C=O) groups is 2. The van der Waals surface area contributed by atoms with Crippen molar-refractivity contribution in [2.24, 2.45) is 0 Å². The summed E-state index contributed by atoms with van der Waals surface area (Å²) in [6.45, 7) is 2.71. The van der Waals surface area contributed by atoms with Crippen LogP contribution in [0.4, 0.5) is 0 Å². The molecule has 3 aromatic carbocycles. The molecule has 0 radical (unpaired) electrons. The molecule has 0 N–H and O–H groups in total. The second-order valence-corrected chi connectivity index (χ2v) is 6.16. The predicted octanol–water partition coefficient (Wildman–Crippen LogP) is 5.27. The number of benzene rings is 3. The molecular formula is C23H21O5P. The van der Waals surface area contributed by atoms with Crippen molar-refractivity contribution in [3.8, 4) is 22.6 Å². The van der Waals surface area contributed by atoms with Gasteiger partial charge >= 0.3 is 11.9 Å². The van der Waals surface area contributed by atoms with Gasteiger partial charge in [-0.3, -0.25) is 14.2 Å². The summed E-state index contributed by atoms with van der Waals surface area (Å²) < 4.78 is 18.7. The fourth-order valence-corrected chi connectivity index (χ4v) is 2.95. The molecule has 0 aliphatic heterocycles. The standard InChI is InChI=1S/C23H20O4.HOP/c1-16(24)26-20-12-13-23(27-17(2)25)22(15-20)21-11-7-6-10-19(21)14-18-8-4-3-5-9-18;1-2/h3-13,15H,14H2,1-2H3;2H. The second-order valence-electron chi connectivity index (χ2n) is 6.16. The molecular weight excluding hydrogens is 387 g/mol. The average Bonchev–Trinajstić information content (AvgIpc) is 2.71. The van der Waals surface area contributed by atoms with Crippen LogP contribution in [0.5, 0.6) is 11.5 Å². The highest BCUT2D eigenvalue weighted by Gasteiger charge is 2.14. The fourth-order valence-electron chi connectivity index (χ4n) is 2.95. The molecule has 0 saturated heterocycles. The van der Waals surface area contributed by atoms with Gasteiger partial charge < -0.3 is 9.47 Å². The molecule has 0 aliphatic carbocycles. The number of ether oxygens (including phenoxy) is 2. The van der Waals surface area contributed by atoms with Crippen molar-refractivity contribution < 1.29 is 23.6 Å². The summed E-state index contributed by atoms with van der Waals surface area (Å²) >= 11 is 0. The minimum atomic E-state index is -0.406. The summed E-state index contributed by atoms with van der Waals surface area (Å²) in [5.74, 6) is 0.0256. The van der Waals surface area contributed by atoms with E-state index < -0.39 is 11.9 Å². The van der Waals surface area contributed by atoms with E-state index in [9.17, 15) is 9.59 Å². The van der Waals surface area contributed by atoms with Crippen LogP contribution in [0, 0.1) is 0 Å². The molecule has 5 nitrogen and oxygen atoms in total. The third-order valence-electron chi connectivity index (χ3n) is 4.01. The van der Waals surface area contributed by atoms with E-state index in [2.05, 4.69) is 12.1 Å². The van der Waals surface area contributed by atoms with Crippen LogP contribution in [-0.2, 0) is 20.6 Å². The predicted molar refractivity (Wildman–Crippen MR) is 113 cm³/mol. The van der Waals surface area contributed by atoms with Crippen LogP contribution in [0.25, 0.3) is 11.1 Å². The van der Waals surface area contributed by atoms with Crippen LogP contribution in [0.15, 0.2) is 72.8 Å². The molecule has 0 bridgehead atoms. The molecule has 3 aromatic rings. The van der Waals surface area contributed by atoms with Gasteiger partial charge in [0.05, 0.1) is 0 Å². The Balaban J connectivity index is 0.00000145. The normalized spacial score (nSPS) is 9.72. The molecule has 0 aliphatic rings. The first-order valence-corrected chi connectivity index (χ1v) is 9.27. The van der Waals surface area contributed by atoms with Gasteiger partial charge in [0.15, 0.2) is 0 Å². The smallest absolute Gasteiger partial charge is 0.308 e. The largest absolute Gasteiger partial charge is 0.427 e. The average molecular weight is 408 g/mol. The zero-order valence-corrected chi connectivity index (χ0v) is 17.2. The van der Waals surface area contributed by atoms with Crippen LogP contribution in [-0.4, -0.2) is 11.9 Å². The van der Waals surface area contributed by atoms with Gasteiger partial charge in [0.1, 0.15) is 20.6 Å². The molecule has 6 heteroatoms. The first-order chi connectivity index (χ1) is 14.0. The van der Waals surface area contributed by atoms with Crippen molar-refractivity contribution in [2.75, 3.05) is 0 Å². The maximum Gasteiger partial charge on any atom is 0.308 e. The lowest BCUT2D eigenvalue weighted by Gasteiger charge is -2.15. The molecule has 29 heavy (non-hydrogen) atoms. The maximum absolute atomic E-state index is 11.5. The molecule has 148 valence electrons. The molecule has 0 spiro atoms. The number of esters is 2. The lowest BCUT2D eigenvalue weighted by Crippen LogP contribution is -2.05. The zero-order chi connectivity index (χ0) is 21.2. The van der Waals surface area contributed by atoms with Gasteiger partial charge in [-0.1, -0.05) is 54.6 Å². The van der Waals surface area contributed by atoms with Gasteiger partial charge in [0.25, 0.3) is 0 Å². The third kappa shape index (κ3) is 6.37. The molecule has 0 aromatic heterocycles. The minimum absolute atomic E-state index is 0.404. The molecule has 0 heterocycles. The topological polar surface area (TPSA) is 69.7 Å². The van der Waals surface area contributed by atoms with Crippen molar-refractivity contribution in [3.05, 3.63) is 83.9 Å². The van der Waals surface area contributed by atoms with Gasteiger partial charge in [-0.15, -0.1) is 0 Å². The highest BCUT2D eigenvalue weighted by Crippen LogP contribution is 2.36. The van der Waals surface area contributed by atoms with E-state index in [0.717, 1.165) is 17.5 Å². The van der Waals surface area contributed by atoms with Gasteiger partial charge in [-0.25, -0.2) is 0 Å². The fraction of sp³-hybridized carbons (Fsp3) is 0.130. The number of carbonyl (C=O) groups excluding carboxylic acids is 2. The minimum Gasteiger partial charge on any atom is -0.427 e. The highest BCUT2D eigenvalue weighted by atomic mass is 31.0. The molecule has 0 amide bonds. The van der Waals surface area contributed by atoms with Crippen LogP contribution >= 0.6 is 9.12 Å². The number of rotatable bonds is 5. The van der Waals surface area contributed by atoms with Crippen molar-refractivity contribution >= 4 is 21.1 Å². The van der Waals surface area contributed by atoms with Crippen molar-refractivity contribution in [1.29, 1.82) is 0 Å². The maximum atomic E-state index is 11.5. The molecule has 0 fully saturated rings. The Morgan fingerprint density at radius 1 is 0.759 bits per heavy atom. The van der Waals surface area contributed by atoms with Crippen LogP contribution < -0.4 is 9.47 Å².